The molecule has 0 saturated heterocycles. The molecule has 2 N–H and O–H groups in total. The van der Waals surface area contributed by atoms with Crippen molar-refractivity contribution in [3.05, 3.63) is 58.4 Å². The van der Waals surface area contributed by atoms with Crippen LogP contribution in [0, 0.1) is 0 Å². The molecule has 2 rings (SSSR count). The maximum absolute atomic E-state index is 12.5. The summed E-state index contributed by atoms with van der Waals surface area (Å²) in [7, 11) is 0. The fourth-order valence-electron chi connectivity index (χ4n) is 2.25. The molecule has 0 spiro atoms. The van der Waals surface area contributed by atoms with Gasteiger partial charge in [-0.15, -0.1) is 0 Å². The van der Waals surface area contributed by atoms with Crippen molar-refractivity contribution in [1.82, 2.24) is 4.57 Å². The van der Waals surface area contributed by atoms with E-state index >= 15 is 0 Å². The molecule has 1 unspecified atom stereocenters. The summed E-state index contributed by atoms with van der Waals surface area (Å²) in [5.74, 6) is 0. The largest absolute Gasteiger partial charge is 0.324 e. The van der Waals surface area contributed by atoms with E-state index in [2.05, 4.69) is 6.92 Å². The topological polar surface area (TPSA) is 48.0 Å². The molecule has 19 heavy (non-hydrogen) atoms. The summed E-state index contributed by atoms with van der Waals surface area (Å²) in [6.07, 6.45) is 0.919. The molecule has 3 nitrogen and oxygen atoms in total. The van der Waals surface area contributed by atoms with E-state index in [-0.39, 0.29) is 11.6 Å². The summed E-state index contributed by atoms with van der Waals surface area (Å²) < 4.78 is 1.83. The lowest BCUT2D eigenvalue weighted by Gasteiger charge is -2.15. The Balaban J connectivity index is 2.62. The minimum Gasteiger partial charge on any atom is -0.324 e. The van der Waals surface area contributed by atoms with Crippen LogP contribution < -0.4 is 11.3 Å². The third kappa shape index (κ3) is 2.76. The van der Waals surface area contributed by atoms with Crippen molar-refractivity contribution in [3.63, 3.8) is 0 Å². The lowest BCUT2D eigenvalue weighted by molar-refractivity contribution is 0.643. The first kappa shape index (κ1) is 13.6. The zero-order valence-electron chi connectivity index (χ0n) is 11.5. The first-order valence-electron chi connectivity index (χ1n) is 6.70. The fraction of sp³-hybridized carbons (Fsp3) is 0.312. The van der Waals surface area contributed by atoms with Crippen molar-refractivity contribution < 1.29 is 0 Å². The molecule has 1 atom stereocenters. The average Bonchev–Trinajstić information content (AvgIpc) is 2.41. The van der Waals surface area contributed by atoms with E-state index in [9.17, 15) is 4.79 Å². The third-order valence-corrected chi connectivity index (χ3v) is 3.21. The quantitative estimate of drug-likeness (QED) is 0.914. The normalized spacial score (nSPS) is 12.4. The van der Waals surface area contributed by atoms with Gasteiger partial charge < -0.3 is 10.3 Å². The second-order valence-electron chi connectivity index (χ2n) is 4.79. The maximum atomic E-state index is 12.5. The lowest BCUT2D eigenvalue weighted by atomic mass is 10.1. The zero-order chi connectivity index (χ0) is 13.8. The molecule has 3 heteroatoms. The fourth-order valence-corrected chi connectivity index (χ4v) is 2.25. The lowest BCUT2D eigenvalue weighted by Crippen LogP contribution is -2.28. The van der Waals surface area contributed by atoms with Crippen LogP contribution in [0.1, 0.15) is 31.9 Å². The number of nitrogens with two attached hydrogens (primary N) is 1. The number of hydrogen-bond donors (Lipinski definition) is 1. The number of benzene rings is 1. The molecular weight excluding hydrogens is 236 g/mol. The van der Waals surface area contributed by atoms with E-state index in [1.54, 1.807) is 0 Å². The Kier molecular flexibility index (Phi) is 4.17. The van der Waals surface area contributed by atoms with Gasteiger partial charge in [0.25, 0.3) is 5.56 Å². The first-order valence-corrected chi connectivity index (χ1v) is 6.70. The van der Waals surface area contributed by atoms with Gasteiger partial charge in [0, 0.05) is 18.2 Å². The Labute approximate surface area is 113 Å². The Bertz CT molecular complexity index is 600. The van der Waals surface area contributed by atoms with E-state index < -0.39 is 0 Å². The van der Waals surface area contributed by atoms with E-state index in [4.69, 9.17) is 5.73 Å². The second-order valence-corrected chi connectivity index (χ2v) is 4.79. The smallest absolute Gasteiger partial charge is 0.255 e. The highest BCUT2D eigenvalue weighted by Gasteiger charge is 2.12. The van der Waals surface area contributed by atoms with Crippen molar-refractivity contribution in [3.8, 4) is 11.3 Å². The first-order chi connectivity index (χ1) is 9.15. The van der Waals surface area contributed by atoms with Crippen LogP contribution in [-0.4, -0.2) is 4.57 Å². The SMILES string of the molecule is CCCn1c(-c2ccccc2)ccc(C(C)N)c1=O. The van der Waals surface area contributed by atoms with Crippen molar-refractivity contribution in [2.45, 2.75) is 32.9 Å². The molecule has 0 aliphatic carbocycles. The van der Waals surface area contributed by atoms with E-state index in [0.717, 1.165) is 17.7 Å². The summed E-state index contributed by atoms with van der Waals surface area (Å²) in [4.78, 5) is 12.5. The van der Waals surface area contributed by atoms with Gasteiger partial charge in [-0.1, -0.05) is 37.3 Å². The van der Waals surface area contributed by atoms with Crippen LogP contribution in [0.3, 0.4) is 0 Å². The molecule has 0 amide bonds. The molecule has 0 saturated carbocycles. The van der Waals surface area contributed by atoms with Crippen LogP contribution in [0.15, 0.2) is 47.3 Å². The highest BCUT2D eigenvalue weighted by Crippen LogP contribution is 2.19. The summed E-state index contributed by atoms with van der Waals surface area (Å²) in [5.41, 5.74) is 8.57. The highest BCUT2D eigenvalue weighted by molar-refractivity contribution is 5.59. The predicted octanol–water partition coefficient (Wildman–Crippen LogP) is 2.95. The molecular formula is C16H20N2O. The molecule has 0 radical (unpaired) electrons. The van der Waals surface area contributed by atoms with Crippen molar-refractivity contribution in [2.75, 3.05) is 0 Å². The maximum Gasteiger partial charge on any atom is 0.255 e. The summed E-state index contributed by atoms with van der Waals surface area (Å²) in [5, 5.41) is 0. The molecule has 1 aromatic carbocycles. The van der Waals surface area contributed by atoms with Crippen molar-refractivity contribution in [2.24, 2.45) is 5.73 Å². The third-order valence-electron chi connectivity index (χ3n) is 3.21. The molecule has 2 aromatic rings. The Morgan fingerprint density at radius 2 is 1.84 bits per heavy atom. The predicted molar refractivity (Wildman–Crippen MR) is 79.0 cm³/mol. The Morgan fingerprint density at radius 3 is 2.42 bits per heavy atom. The van der Waals surface area contributed by atoms with Gasteiger partial charge in [0.15, 0.2) is 0 Å². The number of pyridine rings is 1. The molecule has 0 aliphatic rings. The van der Waals surface area contributed by atoms with Crippen LogP contribution >= 0.6 is 0 Å². The standard InChI is InChI=1S/C16H20N2O/c1-3-11-18-15(13-7-5-4-6-8-13)10-9-14(12(2)17)16(18)19/h4-10,12H,3,11,17H2,1-2H3. The van der Waals surface area contributed by atoms with Gasteiger partial charge >= 0.3 is 0 Å². The summed E-state index contributed by atoms with van der Waals surface area (Å²) in [6, 6.07) is 13.6. The number of rotatable bonds is 4. The average molecular weight is 256 g/mol. The zero-order valence-corrected chi connectivity index (χ0v) is 11.5. The second kappa shape index (κ2) is 5.85. The minimum atomic E-state index is -0.236. The van der Waals surface area contributed by atoms with Gasteiger partial charge in [0.05, 0.1) is 5.69 Å². The van der Waals surface area contributed by atoms with Gasteiger partial charge in [0.1, 0.15) is 0 Å². The molecule has 1 aromatic heterocycles. The van der Waals surface area contributed by atoms with Crippen LogP contribution in [0.25, 0.3) is 11.3 Å². The van der Waals surface area contributed by atoms with Crippen LogP contribution in [0.5, 0.6) is 0 Å². The Morgan fingerprint density at radius 1 is 1.16 bits per heavy atom. The molecule has 100 valence electrons. The molecule has 1 heterocycles. The molecule has 0 aliphatic heterocycles. The van der Waals surface area contributed by atoms with E-state index in [1.165, 1.54) is 0 Å². The van der Waals surface area contributed by atoms with Crippen LogP contribution in [0.4, 0.5) is 0 Å². The van der Waals surface area contributed by atoms with Crippen molar-refractivity contribution >= 4 is 0 Å². The van der Waals surface area contributed by atoms with Gasteiger partial charge in [-0.3, -0.25) is 4.79 Å². The van der Waals surface area contributed by atoms with E-state index in [0.29, 0.717) is 12.1 Å². The van der Waals surface area contributed by atoms with Gasteiger partial charge in [-0.25, -0.2) is 0 Å². The summed E-state index contributed by atoms with van der Waals surface area (Å²) in [6.45, 7) is 4.62. The summed E-state index contributed by atoms with van der Waals surface area (Å²) >= 11 is 0. The van der Waals surface area contributed by atoms with Crippen LogP contribution in [0.2, 0.25) is 0 Å². The van der Waals surface area contributed by atoms with Gasteiger partial charge in [-0.05, 0) is 31.0 Å². The molecule has 0 fully saturated rings. The monoisotopic (exact) mass is 256 g/mol. The number of nitrogens with zero attached hydrogens (tertiary/aromatic N) is 1. The number of hydrogen-bond acceptors (Lipinski definition) is 2. The Hall–Kier alpha value is -1.87. The van der Waals surface area contributed by atoms with Crippen LogP contribution in [-0.2, 0) is 6.54 Å². The highest BCUT2D eigenvalue weighted by atomic mass is 16.1. The minimum absolute atomic E-state index is 0.0261. The van der Waals surface area contributed by atoms with Gasteiger partial charge in [0.2, 0.25) is 0 Å². The number of aromatic nitrogens is 1. The van der Waals surface area contributed by atoms with E-state index in [1.807, 2.05) is 54.0 Å². The molecule has 0 bridgehead atoms. The van der Waals surface area contributed by atoms with Gasteiger partial charge in [-0.2, -0.15) is 0 Å². The van der Waals surface area contributed by atoms with Crippen molar-refractivity contribution in [1.29, 1.82) is 0 Å².